The minimum absolute atomic E-state index is 0.0959. The predicted octanol–water partition coefficient (Wildman–Crippen LogP) is 0.180. The van der Waals surface area contributed by atoms with Crippen LogP contribution in [-0.2, 0) is 33.4 Å². The largest absolute Gasteiger partial charge is 0.504 e. The minimum Gasteiger partial charge on any atom is -0.504 e. The summed E-state index contributed by atoms with van der Waals surface area (Å²) >= 11 is 0. The van der Waals surface area contributed by atoms with Crippen molar-refractivity contribution >= 4 is 23.7 Å². The number of carboxylic acids is 1. The van der Waals surface area contributed by atoms with Crippen LogP contribution >= 0.6 is 0 Å². The first kappa shape index (κ1) is 27.8. The molecule has 0 aromatic rings. The first-order valence-corrected chi connectivity index (χ1v) is 12.9. The SMILES string of the molecule is CC(=CC(=O)OC1C(=O)OC2CC3C(C)=C(O)C(=O)CC3(C)C3C(O)C(O)C4(C(=O)O)OCC23C14)C(C)(C)O. The number of fused-ring (bicyclic) bond motifs is 2. The molecule has 2 aliphatic heterocycles. The van der Waals surface area contributed by atoms with Crippen LogP contribution in [0.2, 0.25) is 0 Å². The molecule has 214 valence electrons. The van der Waals surface area contributed by atoms with Crippen molar-refractivity contribution in [1.82, 2.24) is 0 Å². The van der Waals surface area contributed by atoms with Crippen molar-refractivity contribution in [3.63, 3.8) is 0 Å². The molecule has 2 heterocycles. The molecule has 4 fully saturated rings. The van der Waals surface area contributed by atoms with Gasteiger partial charge in [-0.2, -0.15) is 0 Å². The zero-order valence-electron chi connectivity index (χ0n) is 22.3. The highest BCUT2D eigenvalue weighted by molar-refractivity contribution is 5.95. The smallest absolute Gasteiger partial charge is 0.348 e. The second kappa shape index (κ2) is 8.35. The lowest BCUT2D eigenvalue weighted by atomic mass is 9.38. The molecule has 2 bridgehead atoms. The van der Waals surface area contributed by atoms with E-state index >= 15 is 0 Å². The number of ketones is 1. The van der Waals surface area contributed by atoms with Crippen LogP contribution in [0.1, 0.15) is 47.5 Å². The molecule has 2 saturated carbocycles. The Kier molecular flexibility index (Phi) is 5.95. The van der Waals surface area contributed by atoms with Gasteiger partial charge in [-0.25, -0.2) is 14.4 Å². The van der Waals surface area contributed by atoms with Gasteiger partial charge >= 0.3 is 17.9 Å². The Hall–Kier alpha value is -2.80. The Balaban J connectivity index is 1.68. The molecule has 5 aliphatic rings. The second-order valence-corrected chi connectivity index (χ2v) is 12.5. The molecule has 5 rings (SSSR count). The molecule has 0 amide bonds. The number of ether oxygens (including phenoxy) is 3. The highest BCUT2D eigenvalue weighted by Crippen LogP contribution is 2.72. The van der Waals surface area contributed by atoms with Gasteiger partial charge in [-0.15, -0.1) is 0 Å². The lowest BCUT2D eigenvalue weighted by Gasteiger charge is -2.67. The molecule has 2 saturated heterocycles. The lowest BCUT2D eigenvalue weighted by Crippen LogP contribution is -2.79. The zero-order chi connectivity index (χ0) is 29.0. The molecule has 0 aromatic heterocycles. The lowest BCUT2D eigenvalue weighted by molar-refractivity contribution is -0.289. The Morgan fingerprint density at radius 2 is 1.82 bits per heavy atom. The van der Waals surface area contributed by atoms with Crippen LogP contribution in [0, 0.1) is 28.6 Å². The molecule has 39 heavy (non-hydrogen) atoms. The number of aliphatic hydroxyl groups excluding tert-OH is 3. The van der Waals surface area contributed by atoms with Crippen molar-refractivity contribution in [1.29, 1.82) is 0 Å². The summed E-state index contributed by atoms with van der Waals surface area (Å²) in [7, 11) is 0. The summed E-state index contributed by atoms with van der Waals surface area (Å²) in [5.41, 5.74) is -5.85. The first-order chi connectivity index (χ1) is 17.9. The minimum atomic E-state index is -2.51. The first-order valence-electron chi connectivity index (χ1n) is 12.9. The van der Waals surface area contributed by atoms with Gasteiger partial charge < -0.3 is 39.7 Å². The van der Waals surface area contributed by atoms with Crippen molar-refractivity contribution in [2.45, 2.75) is 83.1 Å². The van der Waals surface area contributed by atoms with E-state index in [0.29, 0.717) is 5.57 Å². The van der Waals surface area contributed by atoms with Crippen molar-refractivity contribution < 1.29 is 58.9 Å². The number of Topliss-reactive ketones (excluding diaryl/α,β-unsaturated/α-hetero) is 1. The van der Waals surface area contributed by atoms with E-state index in [-0.39, 0.29) is 25.0 Å². The Bertz CT molecular complexity index is 1230. The van der Waals surface area contributed by atoms with Gasteiger partial charge in [-0.3, -0.25) is 4.79 Å². The van der Waals surface area contributed by atoms with Crippen LogP contribution in [-0.4, -0.2) is 91.4 Å². The molecule has 10 unspecified atom stereocenters. The van der Waals surface area contributed by atoms with Crippen molar-refractivity contribution in [2.24, 2.45) is 28.6 Å². The molecular weight excluding hydrogens is 516 g/mol. The summed E-state index contributed by atoms with van der Waals surface area (Å²) in [5.74, 6) is -7.72. The third-order valence-electron chi connectivity index (χ3n) is 10.2. The fourth-order valence-corrected chi connectivity index (χ4v) is 8.22. The van der Waals surface area contributed by atoms with E-state index in [0.717, 1.165) is 6.08 Å². The molecule has 12 nitrogen and oxygen atoms in total. The van der Waals surface area contributed by atoms with Gasteiger partial charge in [0.15, 0.2) is 11.5 Å². The van der Waals surface area contributed by atoms with E-state index in [9.17, 15) is 44.7 Å². The number of hydrogen-bond acceptors (Lipinski definition) is 11. The maximum absolute atomic E-state index is 13.4. The Morgan fingerprint density at radius 1 is 1.18 bits per heavy atom. The molecule has 0 aromatic carbocycles. The van der Waals surface area contributed by atoms with E-state index in [1.807, 2.05) is 0 Å². The average molecular weight is 551 g/mol. The number of rotatable bonds is 4. The van der Waals surface area contributed by atoms with Crippen LogP contribution in [0.5, 0.6) is 0 Å². The number of allylic oxidation sites excluding steroid dienone is 2. The van der Waals surface area contributed by atoms with Crippen LogP contribution in [0.3, 0.4) is 0 Å². The fraction of sp³-hybridized carbons (Fsp3) is 0.704. The van der Waals surface area contributed by atoms with Crippen LogP contribution in [0.4, 0.5) is 0 Å². The third kappa shape index (κ3) is 3.38. The monoisotopic (exact) mass is 550 g/mol. The van der Waals surface area contributed by atoms with E-state index in [1.165, 1.54) is 20.8 Å². The third-order valence-corrected chi connectivity index (χ3v) is 10.2. The number of esters is 2. The summed E-state index contributed by atoms with van der Waals surface area (Å²) in [6.07, 6.45) is -5.74. The van der Waals surface area contributed by atoms with Crippen LogP contribution in [0.25, 0.3) is 0 Å². The number of hydrogen-bond donors (Lipinski definition) is 5. The number of carbonyl (C=O) groups excluding carboxylic acids is 3. The van der Waals surface area contributed by atoms with Crippen LogP contribution < -0.4 is 0 Å². The van der Waals surface area contributed by atoms with Gasteiger partial charge in [0.25, 0.3) is 0 Å². The molecule has 5 N–H and O–H groups in total. The van der Waals surface area contributed by atoms with E-state index in [1.54, 1.807) is 13.8 Å². The molecule has 3 aliphatic carbocycles. The summed E-state index contributed by atoms with van der Waals surface area (Å²) in [6, 6.07) is 0. The standard InChI is InChI=1S/C27H34O12/c1-10(24(3,4)36)6-15(29)39-18-20-26-9-37-27(20,23(34)35)21(32)17(31)19(26)25(5)8-13(28)16(30)11(2)12(25)7-14(26)38-22(18)33/h6,12,14,17-21,30-32,36H,7-9H2,1-5H3,(H,34,35). The number of carbonyl (C=O) groups is 4. The Labute approximate surface area is 224 Å². The number of aliphatic hydroxyl groups is 4. The highest BCUT2D eigenvalue weighted by Gasteiger charge is 2.85. The summed E-state index contributed by atoms with van der Waals surface area (Å²) in [5, 5.41) is 53.9. The van der Waals surface area contributed by atoms with Gasteiger partial charge in [-0.1, -0.05) is 6.92 Å². The van der Waals surface area contributed by atoms with E-state index in [2.05, 4.69) is 0 Å². The zero-order valence-corrected chi connectivity index (χ0v) is 22.3. The molecule has 1 spiro atoms. The summed E-state index contributed by atoms with van der Waals surface area (Å²) in [4.78, 5) is 51.9. The maximum Gasteiger partial charge on any atom is 0.348 e. The van der Waals surface area contributed by atoms with E-state index < -0.39 is 93.7 Å². The van der Waals surface area contributed by atoms with Gasteiger partial charge in [0.2, 0.25) is 11.7 Å². The predicted molar refractivity (Wildman–Crippen MR) is 129 cm³/mol. The van der Waals surface area contributed by atoms with Crippen molar-refractivity contribution in [3.8, 4) is 0 Å². The van der Waals surface area contributed by atoms with Gasteiger partial charge in [0, 0.05) is 23.8 Å². The highest BCUT2D eigenvalue weighted by atomic mass is 16.6. The van der Waals surface area contributed by atoms with Crippen LogP contribution in [0.15, 0.2) is 23.0 Å². The fourth-order valence-electron chi connectivity index (χ4n) is 8.22. The maximum atomic E-state index is 13.4. The average Bonchev–Trinajstić information content (AvgIpc) is 3.13. The normalized spacial score (nSPS) is 45.3. The van der Waals surface area contributed by atoms with Gasteiger partial charge in [0.1, 0.15) is 12.2 Å². The molecule has 0 radical (unpaired) electrons. The summed E-state index contributed by atoms with van der Waals surface area (Å²) in [6.45, 7) is 7.33. The number of aliphatic carboxylic acids is 1. The number of carboxylic acid groups (broad SMARTS) is 1. The van der Waals surface area contributed by atoms with Gasteiger partial charge in [-0.05, 0) is 56.6 Å². The Morgan fingerprint density at radius 3 is 2.41 bits per heavy atom. The second-order valence-electron chi connectivity index (χ2n) is 12.5. The van der Waals surface area contributed by atoms with Crippen molar-refractivity contribution in [2.75, 3.05) is 6.61 Å². The quantitative estimate of drug-likeness (QED) is 0.235. The molecular formula is C27H34O12. The van der Waals surface area contributed by atoms with Gasteiger partial charge in [0.05, 0.1) is 24.2 Å². The molecule has 12 heteroatoms. The topological polar surface area (TPSA) is 197 Å². The summed E-state index contributed by atoms with van der Waals surface area (Å²) < 4.78 is 17.2. The van der Waals surface area contributed by atoms with E-state index in [4.69, 9.17) is 14.2 Å². The molecule has 10 atom stereocenters. The van der Waals surface area contributed by atoms with Crippen molar-refractivity contribution in [3.05, 3.63) is 23.0 Å².